The lowest BCUT2D eigenvalue weighted by Gasteiger charge is -2.31. The minimum Gasteiger partial charge on any atom is -0.207 e. The van der Waals surface area contributed by atoms with Crippen molar-refractivity contribution in [3.05, 3.63) is 71.0 Å². The summed E-state index contributed by atoms with van der Waals surface area (Å²) >= 11 is 7.28. The largest absolute Gasteiger partial charge is 0.207 e. The summed E-state index contributed by atoms with van der Waals surface area (Å²) in [5, 5.41) is 1.65. The quantitative estimate of drug-likeness (QED) is 0.590. The highest BCUT2D eigenvalue weighted by atomic mass is 79.9. The van der Waals surface area contributed by atoms with Crippen LogP contribution in [-0.2, 0) is 11.8 Å². The zero-order valence-corrected chi connectivity index (χ0v) is 14.5. The SMILES string of the molecule is Cc1ccc(C(CBr)(CBr)Cc2cccc(F)c2)cc1. The van der Waals surface area contributed by atoms with E-state index in [2.05, 4.69) is 63.0 Å². The molecule has 2 aromatic carbocycles. The molecule has 2 rings (SSSR count). The summed E-state index contributed by atoms with van der Waals surface area (Å²) < 4.78 is 13.4. The summed E-state index contributed by atoms with van der Waals surface area (Å²) in [7, 11) is 0. The van der Waals surface area contributed by atoms with Crippen molar-refractivity contribution in [3.63, 3.8) is 0 Å². The van der Waals surface area contributed by atoms with Crippen LogP contribution >= 0.6 is 31.9 Å². The van der Waals surface area contributed by atoms with Gasteiger partial charge in [0.05, 0.1) is 0 Å². The van der Waals surface area contributed by atoms with Crippen LogP contribution in [0.4, 0.5) is 4.39 Å². The number of alkyl halides is 2. The van der Waals surface area contributed by atoms with E-state index >= 15 is 0 Å². The van der Waals surface area contributed by atoms with E-state index in [0.29, 0.717) is 0 Å². The molecule has 0 spiro atoms. The molecule has 2 aromatic rings. The Morgan fingerprint density at radius 3 is 2.20 bits per heavy atom. The Hall–Kier alpha value is -0.670. The second-order valence-corrected chi connectivity index (χ2v) is 6.34. The molecular formula is C17H17Br2F. The van der Waals surface area contributed by atoms with Gasteiger partial charge in [0, 0.05) is 16.1 Å². The molecule has 0 saturated carbocycles. The molecule has 106 valence electrons. The fraction of sp³-hybridized carbons (Fsp3) is 0.294. The van der Waals surface area contributed by atoms with E-state index in [1.165, 1.54) is 17.2 Å². The normalized spacial score (nSPS) is 11.6. The highest BCUT2D eigenvalue weighted by Gasteiger charge is 2.30. The number of hydrogen-bond acceptors (Lipinski definition) is 0. The zero-order valence-electron chi connectivity index (χ0n) is 11.4. The van der Waals surface area contributed by atoms with Crippen LogP contribution in [0.5, 0.6) is 0 Å². The van der Waals surface area contributed by atoms with E-state index in [4.69, 9.17) is 0 Å². The Kier molecular flexibility index (Phi) is 5.39. The fourth-order valence-corrected chi connectivity index (χ4v) is 4.30. The number of aryl methyl sites for hydroxylation is 1. The van der Waals surface area contributed by atoms with Gasteiger partial charge in [0.15, 0.2) is 0 Å². The summed E-state index contributed by atoms with van der Waals surface area (Å²) in [6, 6.07) is 15.4. The Balaban J connectivity index is 2.36. The molecular weight excluding hydrogens is 383 g/mol. The first-order valence-corrected chi connectivity index (χ1v) is 8.77. The third-order valence-corrected chi connectivity index (χ3v) is 5.75. The fourth-order valence-electron chi connectivity index (χ4n) is 2.33. The first kappa shape index (κ1) is 15.7. The topological polar surface area (TPSA) is 0 Å². The smallest absolute Gasteiger partial charge is 0.123 e. The van der Waals surface area contributed by atoms with Gasteiger partial charge in [-0.05, 0) is 36.6 Å². The predicted molar refractivity (Wildman–Crippen MR) is 90.5 cm³/mol. The van der Waals surface area contributed by atoms with E-state index in [9.17, 15) is 4.39 Å². The average molecular weight is 400 g/mol. The van der Waals surface area contributed by atoms with Gasteiger partial charge in [-0.2, -0.15) is 0 Å². The van der Waals surface area contributed by atoms with Crippen LogP contribution in [0.25, 0.3) is 0 Å². The molecule has 20 heavy (non-hydrogen) atoms. The Morgan fingerprint density at radius 2 is 1.65 bits per heavy atom. The van der Waals surface area contributed by atoms with E-state index in [1.54, 1.807) is 12.1 Å². The molecule has 0 saturated heterocycles. The summed E-state index contributed by atoms with van der Waals surface area (Å²) in [4.78, 5) is 0. The van der Waals surface area contributed by atoms with Crippen LogP contribution in [0.3, 0.4) is 0 Å². The number of hydrogen-bond donors (Lipinski definition) is 0. The maximum Gasteiger partial charge on any atom is 0.123 e. The lowest BCUT2D eigenvalue weighted by Crippen LogP contribution is -2.33. The molecule has 0 nitrogen and oxygen atoms in total. The molecule has 0 N–H and O–H groups in total. The summed E-state index contributed by atoms with van der Waals surface area (Å²) in [5.74, 6) is -0.176. The highest BCUT2D eigenvalue weighted by molar-refractivity contribution is 9.09. The lowest BCUT2D eigenvalue weighted by atomic mass is 9.79. The van der Waals surface area contributed by atoms with Gasteiger partial charge in [-0.25, -0.2) is 4.39 Å². The second kappa shape index (κ2) is 6.86. The van der Waals surface area contributed by atoms with Gasteiger partial charge >= 0.3 is 0 Å². The first-order valence-electron chi connectivity index (χ1n) is 6.53. The van der Waals surface area contributed by atoms with E-state index in [1.807, 2.05) is 6.07 Å². The molecule has 0 unspecified atom stereocenters. The molecule has 3 heteroatoms. The van der Waals surface area contributed by atoms with Crippen molar-refractivity contribution in [2.75, 3.05) is 10.7 Å². The van der Waals surface area contributed by atoms with Crippen LogP contribution in [0.2, 0.25) is 0 Å². The van der Waals surface area contributed by atoms with Crippen molar-refractivity contribution in [1.29, 1.82) is 0 Å². The second-order valence-electron chi connectivity index (χ2n) is 5.22. The molecule has 0 aliphatic carbocycles. The number of benzene rings is 2. The van der Waals surface area contributed by atoms with Crippen molar-refractivity contribution in [1.82, 2.24) is 0 Å². The van der Waals surface area contributed by atoms with Crippen LogP contribution in [0.15, 0.2) is 48.5 Å². The molecule has 0 amide bonds. The lowest BCUT2D eigenvalue weighted by molar-refractivity contribution is 0.546. The highest BCUT2D eigenvalue weighted by Crippen LogP contribution is 2.33. The van der Waals surface area contributed by atoms with Crippen molar-refractivity contribution < 1.29 is 4.39 Å². The zero-order chi connectivity index (χ0) is 14.6. The third-order valence-electron chi connectivity index (χ3n) is 3.61. The van der Waals surface area contributed by atoms with Gasteiger partial charge in [-0.3, -0.25) is 0 Å². The van der Waals surface area contributed by atoms with Crippen molar-refractivity contribution >= 4 is 31.9 Å². The number of rotatable bonds is 5. The Labute approximate surface area is 136 Å². The van der Waals surface area contributed by atoms with Gasteiger partial charge in [0.25, 0.3) is 0 Å². The molecule has 0 heterocycles. The maximum atomic E-state index is 13.4. The molecule has 0 aromatic heterocycles. The van der Waals surface area contributed by atoms with Crippen LogP contribution < -0.4 is 0 Å². The molecule has 0 bridgehead atoms. The van der Waals surface area contributed by atoms with E-state index in [0.717, 1.165) is 22.6 Å². The van der Waals surface area contributed by atoms with Crippen LogP contribution in [0.1, 0.15) is 16.7 Å². The molecule has 0 atom stereocenters. The summed E-state index contributed by atoms with van der Waals surface area (Å²) in [6.45, 7) is 2.08. The van der Waals surface area contributed by atoms with E-state index in [-0.39, 0.29) is 11.2 Å². The first-order chi connectivity index (χ1) is 9.59. The van der Waals surface area contributed by atoms with Gasteiger partial charge in [0.2, 0.25) is 0 Å². The molecule has 0 aliphatic rings. The van der Waals surface area contributed by atoms with Crippen molar-refractivity contribution in [2.24, 2.45) is 0 Å². The van der Waals surface area contributed by atoms with Crippen LogP contribution in [0, 0.1) is 12.7 Å². The van der Waals surface area contributed by atoms with Crippen molar-refractivity contribution in [3.8, 4) is 0 Å². The monoisotopic (exact) mass is 398 g/mol. The van der Waals surface area contributed by atoms with Gasteiger partial charge in [0.1, 0.15) is 5.82 Å². The maximum absolute atomic E-state index is 13.4. The van der Waals surface area contributed by atoms with Crippen molar-refractivity contribution in [2.45, 2.75) is 18.8 Å². The number of halogens is 3. The molecule has 0 radical (unpaired) electrons. The minimum atomic E-state index is -0.176. The standard InChI is InChI=1S/C17H17Br2F/c1-13-5-7-15(8-6-13)17(11-18,12-19)10-14-3-2-4-16(20)9-14/h2-9H,10-12H2,1H3. The predicted octanol–water partition coefficient (Wildman–Crippen LogP) is 5.40. The van der Waals surface area contributed by atoms with Gasteiger partial charge < -0.3 is 0 Å². The third kappa shape index (κ3) is 3.50. The minimum absolute atomic E-state index is 0.0680. The molecule has 0 aliphatic heterocycles. The summed E-state index contributed by atoms with van der Waals surface area (Å²) in [6.07, 6.45) is 0.796. The average Bonchev–Trinajstić information content (AvgIpc) is 2.46. The Morgan fingerprint density at radius 1 is 1.00 bits per heavy atom. The van der Waals surface area contributed by atoms with Gasteiger partial charge in [-0.1, -0.05) is 73.8 Å². The van der Waals surface area contributed by atoms with Crippen LogP contribution in [-0.4, -0.2) is 10.7 Å². The molecule has 0 fully saturated rings. The van der Waals surface area contributed by atoms with E-state index < -0.39 is 0 Å². The Bertz CT molecular complexity index is 559. The van der Waals surface area contributed by atoms with Gasteiger partial charge in [-0.15, -0.1) is 0 Å². The summed E-state index contributed by atoms with van der Waals surface area (Å²) in [5.41, 5.74) is 3.46.